The molecule has 0 aliphatic carbocycles. The van der Waals surface area contributed by atoms with Gasteiger partial charge in [-0.3, -0.25) is 0 Å². The third-order valence-corrected chi connectivity index (χ3v) is 0.705. The van der Waals surface area contributed by atoms with Crippen molar-refractivity contribution in [2.75, 3.05) is 0 Å². The summed E-state index contributed by atoms with van der Waals surface area (Å²) in [5.74, 6) is 2.65. The lowest BCUT2D eigenvalue weighted by atomic mass is 10.4. The number of hydrogen-bond acceptors (Lipinski definition) is 2. The van der Waals surface area contributed by atoms with Gasteiger partial charge in [0.05, 0.1) is 12.5 Å². The van der Waals surface area contributed by atoms with E-state index >= 15 is 0 Å². The SMILES string of the molecule is C=COC#CC(C)OC=C. The summed E-state index contributed by atoms with van der Waals surface area (Å²) in [5, 5.41) is 0. The minimum Gasteiger partial charge on any atom is -0.486 e. The summed E-state index contributed by atoms with van der Waals surface area (Å²) in [5.41, 5.74) is 0. The van der Waals surface area contributed by atoms with Crippen LogP contribution >= 0.6 is 0 Å². The highest BCUT2D eigenvalue weighted by atomic mass is 16.5. The first-order chi connectivity index (χ1) is 4.81. The Labute approximate surface area is 61.1 Å². The predicted molar refractivity (Wildman–Crippen MR) is 39.8 cm³/mol. The van der Waals surface area contributed by atoms with Gasteiger partial charge in [0.2, 0.25) is 0 Å². The fourth-order valence-corrected chi connectivity index (χ4v) is 0.337. The molecule has 0 N–H and O–H groups in total. The summed E-state index contributed by atoms with van der Waals surface area (Å²) in [4.78, 5) is 0. The van der Waals surface area contributed by atoms with E-state index in [1.165, 1.54) is 12.5 Å². The van der Waals surface area contributed by atoms with E-state index in [1.54, 1.807) is 6.92 Å². The molecule has 0 aliphatic rings. The molecule has 0 heterocycles. The molecular weight excluding hydrogens is 128 g/mol. The Bertz CT molecular complexity index is 162. The monoisotopic (exact) mass is 138 g/mol. The van der Waals surface area contributed by atoms with Gasteiger partial charge >= 0.3 is 0 Å². The van der Waals surface area contributed by atoms with E-state index in [0.717, 1.165) is 0 Å². The average molecular weight is 138 g/mol. The van der Waals surface area contributed by atoms with Crippen LogP contribution in [0.3, 0.4) is 0 Å². The molecule has 0 aromatic rings. The minimum atomic E-state index is -0.183. The van der Waals surface area contributed by atoms with E-state index in [9.17, 15) is 0 Å². The van der Waals surface area contributed by atoms with E-state index in [-0.39, 0.29) is 6.10 Å². The third-order valence-electron chi connectivity index (χ3n) is 0.705. The Morgan fingerprint density at radius 2 is 2.10 bits per heavy atom. The maximum Gasteiger partial charge on any atom is 0.158 e. The van der Waals surface area contributed by atoms with Crippen LogP contribution in [0.15, 0.2) is 25.7 Å². The fourth-order valence-electron chi connectivity index (χ4n) is 0.337. The van der Waals surface area contributed by atoms with Gasteiger partial charge in [-0.05, 0) is 12.8 Å². The molecule has 10 heavy (non-hydrogen) atoms. The molecule has 54 valence electrons. The second kappa shape index (κ2) is 5.77. The van der Waals surface area contributed by atoms with Gasteiger partial charge in [-0.15, -0.1) is 0 Å². The van der Waals surface area contributed by atoms with Crippen molar-refractivity contribution in [3.63, 3.8) is 0 Å². The first kappa shape index (κ1) is 8.64. The minimum absolute atomic E-state index is 0.183. The van der Waals surface area contributed by atoms with Crippen LogP contribution in [0.1, 0.15) is 6.92 Å². The molecule has 0 saturated heterocycles. The smallest absolute Gasteiger partial charge is 0.158 e. The van der Waals surface area contributed by atoms with Crippen molar-refractivity contribution >= 4 is 0 Å². The van der Waals surface area contributed by atoms with Crippen molar-refractivity contribution in [2.24, 2.45) is 0 Å². The summed E-state index contributed by atoms with van der Waals surface area (Å²) in [6.45, 7) is 8.49. The zero-order chi connectivity index (χ0) is 7.82. The third kappa shape index (κ3) is 4.79. The van der Waals surface area contributed by atoms with Gasteiger partial charge in [0.1, 0.15) is 6.11 Å². The maximum atomic E-state index is 4.86. The van der Waals surface area contributed by atoms with Crippen molar-refractivity contribution in [1.29, 1.82) is 0 Å². The van der Waals surface area contributed by atoms with E-state index in [0.29, 0.717) is 0 Å². The van der Waals surface area contributed by atoms with Gasteiger partial charge in [-0.1, -0.05) is 13.2 Å². The number of ether oxygens (including phenoxy) is 2. The molecule has 0 aromatic heterocycles. The number of rotatable bonds is 3. The van der Waals surface area contributed by atoms with Crippen LogP contribution in [-0.4, -0.2) is 6.10 Å². The highest BCUT2D eigenvalue weighted by Gasteiger charge is 1.89. The largest absolute Gasteiger partial charge is 0.486 e. The molecule has 1 atom stereocenters. The summed E-state index contributed by atoms with van der Waals surface area (Å²) < 4.78 is 9.40. The standard InChI is InChI=1S/C8H10O2/c1-4-9-7-6-8(3)10-5-2/h4-5,8H,1-2H2,3H3. The van der Waals surface area contributed by atoms with Gasteiger partial charge in [-0.25, -0.2) is 0 Å². The zero-order valence-electron chi connectivity index (χ0n) is 5.96. The van der Waals surface area contributed by atoms with Crippen LogP contribution < -0.4 is 0 Å². The summed E-state index contributed by atoms with van der Waals surface area (Å²) in [6.07, 6.45) is 4.79. The molecule has 1 unspecified atom stereocenters. The Hall–Kier alpha value is -1.36. The fraction of sp³-hybridized carbons (Fsp3) is 0.250. The van der Waals surface area contributed by atoms with Gasteiger partial charge in [-0.2, -0.15) is 0 Å². The van der Waals surface area contributed by atoms with Gasteiger partial charge in [0.15, 0.2) is 6.10 Å². The Morgan fingerprint density at radius 1 is 1.40 bits per heavy atom. The predicted octanol–water partition coefficient (Wildman–Crippen LogP) is 1.66. The summed E-state index contributed by atoms with van der Waals surface area (Å²) >= 11 is 0. The van der Waals surface area contributed by atoms with E-state index in [2.05, 4.69) is 29.9 Å². The lowest BCUT2D eigenvalue weighted by Gasteiger charge is -1.99. The highest BCUT2D eigenvalue weighted by Crippen LogP contribution is 1.86. The van der Waals surface area contributed by atoms with Crippen molar-refractivity contribution in [3.05, 3.63) is 25.7 Å². The molecule has 0 aromatic carbocycles. The van der Waals surface area contributed by atoms with Crippen LogP contribution in [0.4, 0.5) is 0 Å². The van der Waals surface area contributed by atoms with Crippen LogP contribution in [0.25, 0.3) is 0 Å². The molecule has 2 nitrogen and oxygen atoms in total. The van der Waals surface area contributed by atoms with Crippen LogP contribution in [0.2, 0.25) is 0 Å². The van der Waals surface area contributed by atoms with Crippen LogP contribution in [0, 0.1) is 12.0 Å². The van der Waals surface area contributed by atoms with Crippen molar-refractivity contribution in [1.82, 2.24) is 0 Å². The van der Waals surface area contributed by atoms with Crippen LogP contribution in [0.5, 0.6) is 0 Å². The van der Waals surface area contributed by atoms with E-state index < -0.39 is 0 Å². The van der Waals surface area contributed by atoms with Gasteiger partial charge in [0.25, 0.3) is 0 Å². The average Bonchev–Trinajstić information content (AvgIpc) is 1.89. The molecule has 0 saturated carbocycles. The Kier molecular flexibility index (Phi) is 4.99. The molecule has 0 amide bonds. The molecule has 0 fully saturated rings. The Morgan fingerprint density at radius 3 is 2.60 bits per heavy atom. The molecule has 0 bridgehead atoms. The number of hydrogen-bond donors (Lipinski definition) is 0. The molecule has 0 aliphatic heterocycles. The van der Waals surface area contributed by atoms with Gasteiger partial charge in [0, 0.05) is 0 Å². The van der Waals surface area contributed by atoms with Crippen molar-refractivity contribution in [3.8, 4) is 12.0 Å². The summed E-state index contributed by atoms with van der Waals surface area (Å²) in [7, 11) is 0. The zero-order valence-corrected chi connectivity index (χ0v) is 5.96. The van der Waals surface area contributed by atoms with E-state index in [1.807, 2.05) is 0 Å². The lowest BCUT2D eigenvalue weighted by molar-refractivity contribution is 0.212. The normalized spacial score (nSPS) is 10.1. The first-order valence-electron chi connectivity index (χ1n) is 2.84. The first-order valence-corrected chi connectivity index (χ1v) is 2.84. The highest BCUT2D eigenvalue weighted by molar-refractivity contribution is 4.99. The molecule has 0 radical (unpaired) electrons. The molecular formula is C8H10O2. The second-order valence-electron chi connectivity index (χ2n) is 1.48. The van der Waals surface area contributed by atoms with Crippen LogP contribution in [-0.2, 0) is 9.47 Å². The molecule has 2 heteroatoms. The Balaban J connectivity index is 3.55. The van der Waals surface area contributed by atoms with Crippen molar-refractivity contribution < 1.29 is 9.47 Å². The quantitative estimate of drug-likeness (QED) is 0.436. The summed E-state index contributed by atoms with van der Waals surface area (Å²) in [6, 6.07) is 0. The second-order valence-corrected chi connectivity index (χ2v) is 1.48. The molecule has 0 rings (SSSR count). The topological polar surface area (TPSA) is 18.5 Å². The molecule has 0 spiro atoms. The van der Waals surface area contributed by atoms with Gasteiger partial charge < -0.3 is 9.47 Å². The van der Waals surface area contributed by atoms with Crippen molar-refractivity contribution in [2.45, 2.75) is 13.0 Å². The van der Waals surface area contributed by atoms with E-state index in [4.69, 9.17) is 4.74 Å². The maximum absolute atomic E-state index is 4.86. The lowest BCUT2D eigenvalue weighted by Crippen LogP contribution is -1.98.